The van der Waals surface area contributed by atoms with Crippen LogP contribution in [0.5, 0.6) is 0 Å². The highest BCUT2D eigenvalue weighted by molar-refractivity contribution is 9.11. The topological polar surface area (TPSA) is 49.8 Å². The summed E-state index contributed by atoms with van der Waals surface area (Å²) in [5, 5.41) is 7.14. The highest BCUT2D eigenvalue weighted by Crippen LogP contribution is 2.31. The van der Waals surface area contributed by atoms with Gasteiger partial charge < -0.3 is 10.6 Å². The summed E-state index contributed by atoms with van der Waals surface area (Å²) in [5.74, 6) is 1.48. The molecule has 4 nitrogen and oxygen atoms in total. The molecule has 106 valence electrons. The molecule has 0 aliphatic carbocycles. The Bertz CT molecular complexity index is 607. The number of aromatic nitrogens is 2. The second kappa shape index (κ2) is 7.24. The fourth-order valence-corrected chi connectivity index (χ4v) is 2.47. The summed E-state index contributed by atoms with van der Waals surface area (Å²) in [6.45, 7) is 2.97. The van der Waals surface area contributed by atoms with Gasteiger partial charge in [-0.1, -0.05) is 18.5 Å². The minimum absolute atomic E-state index is 0.669. The van der Waals surface area contributed by atoms with E-state index >= 15 is 0 Å². The van der Waals surface area contributed by atoms with Gasteiger partial charge in [0.05, 0.1) is 5.02 Å². The Kier molecular flexibility index (Phi) is 5.63. The molecular formula is C13H13Br2ClN4. The van der Waals surface area contributed by atoms with E-state index < -0.39 is 0 Å². The SMILES string of the molecule is CCCNc1ncnc(Nc2ccc(Cl)c(Br)c2)c1Br. The van der Waals surface area contributed by atoms with Gasteiger partial charge in [-0.3, -0.25) is 0 Å². The first-order valence-corrected chi connectivity index (χ1v) is 8.04. The Morgan fingerprint density at radius 2 is 1.95 bits per heavy atom. The molecule has 0 bridgehead atoms. The Morgan fingerprint density at radius 3 is 2.65 bits per heavy atom. The molecule has 20 heavy (non-hydrogen) atoms. The molecule has 1 heterocycles. The molecule has 2 N–H and O–H groups in total. The lowest BCUT2D eigenvalue weighted by Gasteiger charge is -2.11. The number of nitrogens with zero attached hydrogens (tertiary/aromatic N) is 2. The van der Waals surface area contributed by atoms with Crippen molar-refractivity contribution in [3.63, 3.8) is 0 Å². The smallest absolute Gasteiger partial charge is 0.150 e. The normalized spacial score (nSPS) is 10.4. The van der Waals surface area contributed by atoms with Crippen molar-refractivity contribution < 1.29 is 0 Å². The summed E-state index contributed by atoms with van der Waals surface area (Å²) in [6, 6.07) is 5.61. The molecule has 0 atom stereocenters. The fourth-order valence-electron chi connectivity index (χ4n) is 1.53. The van der Waals surface area contributed by atoms with Crippen LogP contribution in [0.25, 0.3) is 0 Å². The maximum Gasteiger partial charge on any atom is 0.150 e. The molecule has 0 amide bonds. The lowest BCUT2D eigenvalue weighted by atomic mass is 10.3. The second-order valence-corrected chi connectivity index (χ2v) is 6.12. The van der Waals surface area contributed by atoms with Crippen molar-refractivity contribution in [3.05, 3.63) is 38.5 Å². The third-order valence-corrected chi connectivity index (χ3v) is 4.48. The summed E-state index contributed by atoms with van der Waals surface area (Å²) in [6.07, 6.45) is 2.55. The number of hydrogen-bond donors (Lipinski definition) is 2. The predicted octanol–water partition coefficient (Wildman–Crippen LogP) is 5.22. The van der Waals surface area contributed by atoms with E-state index in [2.05, 4.69) is 59.4 Å². The van der Waals surface area contributed by atoms with E-state index in [-0.39, 0.29) is 0 Å². The van der Waals surface area contributed by atoms with E-state index in [1.54, 1.807) is 0 Å². The van der Waals surface area contributed by atoms with Crippen molar-refractivity contribution >= 4 is 60.8 Å². The minimum atomic E-state index is 0.669. The van der Waals surface area contributed by atoms with Gasteiger partial charge in [0.25, 0.3) is 0 Å². The van der Waals surface area contributed by atoms with E-state index in [0.717, 1.165) is 33.4 Å². The fraction of sp³-hybridized carbons (Fsp3) is 0.231. The molecule has 0 fully saturated rings. The van der Waals surface area contributed by atoms with Crippen molar-refractivity contribution in [1.82, 2.24) is 9.97 Å². The maximum atomic E-state index is 5.98. The largest absolute Gasteiger partial charge is 0.369 e. The van der Waals surface area contributed by atoms with E-state index in [0.29, 0.717) is 10.8 Å². The number of rotatable bonds is 5. The van der Waals surface area contributed by atoms with Gasteiger partial charge in [-0.05, 0) is 56.5 Å². The zero-order chi connectivity index (χ0) is 14.5. The minimum Gasteiger partial charge on any atom is -0.369 e. The zero-order valence-electron chi connectivity index (χ0n) is 10.8. The maximum absolute atomic E-state index is 5.98. The van der Waals surface area contributed by atoms with E-state index in [4.69, 9.17) is 11.6 Å². The first-order chi connectivity index (χ1) is 9.61. The molecule has 0 radical (unpaired) electrons. The van der Waals surface area contributed by atoms with Gasteiger partial charge in [0.15, 0.2) is 0 Å². The molecule has 0 saturated heterocycles. The van der Waals surface area contributed by atoms with Crippen LogP contribution in [-0.2, 0) is 0 Å². The summed E-state index contributed by atoms with van der Waals surface area (Å²) >= 11 is 12.9. The first-order valence-electron chi connectivity index (χ1n) is 6.08. The molecular weight excluding hydrogens is 407 g/mol. The number of benzene rings is 1. The second-order valence-electron chi connectivity index (χ2n) is 4.07. The molecule has 2 rings (SSSR count). The van der Waals surface area contributed by atoms with Gasteiger partial charge >= 0.3 is 0 Å². The summed E-state index contributed by atoms with van der Waals surface area (Å²) in [4.78, 5) is 8.45. The molecule has 2 aromatic rings. The van der Waals surface area contributed by atoms with Crippen molar-refractivity contribution in [2.75, 3.05) is 17.2 Å². The molecule has 0 saturated carbocycles. The van der Waals surface area contributed by atoms with Crippen LogP contribution in [-0.4, -0.2) is 16.5 Å². The van der Waals surface area contributed by atoms with Crippen LogP contribution in [0.3, 0.4) is 0 Å². The van der Waals surface area contributed by atoms with Gasteiger partial charge in [-0.2, -0.15) is 0 Å². The Morgan fingerprint density at radius 1 is 1.20 bits per heavy atom. The molecule has 1 aromatic carbocycles. The van der Waals surface area contributed by atoms with Crippen molar-refractivity contribution in [2.45, 2.75) is 13.3 Å². The van der Waals surface area contributed by atoms with Crippen LogP contribution in [0.4, 0.5) is 17.3 Å². The van der Waals surface area contributed by atoms with Crippen LogP contribution in [0, 0.1) is 0 Å². The van der Waals surface area contributed by atoms with Crippen LogP contribution in [0.2, 0.25) is 5.02 Å². The molecule has 7 heteroatoms. The number of halogens is 3. The van der Waals surface area contributed by atoms with E-state index in [1.165, 1.54) is 6.33 Å². The van der Waals surface area contributed by atoms with Gasteiger partial charge in [0.1, 0.15) is 22.4 Å². The monoisotopic (exact) mass is 418 g/mol. The molecule has 0 aliphatic rings. The average molecular weight is 421 g/mol. The molecule has 0 aliphatic heterocycles. The van der Waals surface area contributed by atoms with Crippen molar-refractivity contribution in [3.8, 4) is 0 Å². The molecule has 0 spiro atoms. The quantitative estimate of drug-likeness (QED) is 0.696. The summed E-state index contributed by atoms with van der Waals surface area (Å²) < 4.78 is 1.64. The Labute approximate surface area is 139 Å². The lowest BCUT2D eigenvalue weighted by molar-refractivity contribution is 0.962. The summed E-state index contributed by atoms with van der Waals surface area (Å²) in [5.41, 5.74) is 0.891. The van der Waals surface area contributed by atoms with Gasteiger partial charge in [-0.15, -0.1) is 0 Å². The molecule has 0 unspecified atom stereocenters. The van der Waals surface area contributed by atoms with Crippen LogP contribution < -0.4 is 10.6 Å². The van der Waals surface area contributed by atoms with Crippen LogP contribution in [0.15, 0.2) is 33.5 Å². The van der Waals surface area contributed by atoms with Crippen LogP contribution in [0.1, 0.15) is 13.3 Å². The van der Waals surface area contributed by atoms with Crippen molar-refractivity contribution in [1.29, 1.82) is 0 Å². The number of anilines is 3. The van der Waals surface area contributed by atoms with Crippen molar-refractivity contribution in [2.24, 2.45) is 0 Å². The number of nitrogens with one attached hydrogen (secondary N) is 2. The summed E-state index contributed by atoms with van der Waals surface area (Å²) in [7, 11) is 0. The number of hydrogen-bond acceptors (Lipinski definition) is 4. The highest BCUT2D eigenvalue weighted by Gasteiger charge is 2.09. The van der Waals surface area contributed by atoms with Gasteiger partial charge in [-0.25, -0.2) is 9.97 Å². The Balaban J connectivity index is 2.22. The predicted molar refractivity (Wildman–Crippen MR) is 90.9 cm³/mol. The first kappa shape index (κ1) is 15.5. The third kappa shape index (κ3) is 3.84. The highest BCUT2D eigenvalue weighted by atomic mass is 79.9. The van der Waals surface area contributed by atoms with Crippen LogP contribution >= 0.6 is 43.5 Å². The van der Waals surface area contributed by atoms with Gasteiger partial charge in [0, 0.05) is 16.7 Å². The Hall–Kier alpha value is -0.850. The average Bonchev–Trinajstić information content (AvgIpc) is 2.44. The third-order valence-electron chi connectivity index (χ3n) is 2.51. The molecule has 1 aromatic heterocycles. The lowest BCUT2D eigenvalue weighted by Crippen LogP contribution is -2.05. The zero-order valence-corrected chi connectivity index (χ0v) is 14.7. The van der Waals surface area contributed by atoms with Gasteiger partial charge in [0.2, 0.25) is 0 Å². The van der Waals surface area contributed by atoms with E-state index in [9.17, 15) is 0 Å². The van der Waals surface area contributed by atoms with E-state index in [1.807, 2.05) is 18.2 Å². The standard InChI is InChI=1S/C13H13Br2ClN4/c1-2-5-17-12-11(15)13(19-7-18-12)20-8-3-4-10(16)9(14)6-8/h3-4,6-7H,2,5H2,1H3,(H2,17,18,19,20).